The zero-order valence-electron chi connectivity index (χ0n) is 11.1. The maximum Gasteiger partial charge on any atom is 0.131 e. The Morgan fingerprint density at radius 3 is 2.44 bits per heavy atom. The van der Waals surface area contributed by atoms with E-state index < -0.39 is 0 Å². The largest absolute Gasteiger partial charge is 0.363 e. The predicted octanol–water partition coefficient (Wildman–Crippen LogP) is 3.44. The fourth-order valence-electron chi connectivity index (χ4n) is 1.87. The normalized spacial score (nSPS) is 10.5. The Labute approximate surface area is 99.7 Å². The average molecular weight is 220 g/mol. The van der Waals surface area contributed by atoms with Crippen molar-refractivity contribution in [3.63, 3.8) is 0 Å². The third kappa shape index (κ3) is 3.51. The molecular formula is C14H24N2. The lowest BCUT2D eigenvalue weighted by atomic mass is 10.1. The fourth-order valence-corrected chi connectivity index (χ4v) is 1.87. The molecule has 16 heavy (non-hydrogen) atoms. The van der Waals surface area contributed by atoms with Gasteiger partial charge in [-0.1, -0.05) is 32.8 Å². The van der Waals surface area contributed by atoms with Crippen LogP contribution < -0.4 is 4.90 Å². The highest BCUT2D eigenvalue weighted by Gasteiger charge is 2.06. The van der Waals surface area contributed by atoms with Gasteiger partial charge in [-0.2, -0.15) is 0 Å². The molecule has 2 heteroatoms. The van der Waals surface area contributed by atoms with Crippen LogP contribution in [-0.4, -0.2) is 19.1 Å². The number of anilines is 1. The van der Waals surface area contributed by atoms with Crippen LogP contribution >= 0.6 is 0 Å². The van der Waals surface area contributed by atoms with Gasteiger partial charge in [-0.25, -0.2) is 4.98 Å². The van der Waals surface area contributed by atoms with Crippen molar-refractivity contribution >= 4 is 5.82 Å². The zero-order valence-corrected chi connectivity index (χ0v) is 11.1. The van der Waals surface area contributed by atoms with E-state index in [0.717, 1.165) is 18.7 Å². The maximum absolute atomic E-state index is 4.74. The first-order chi connectivity index (χ1) is 7.69. The third-order valence-electron chi connectivity index (χ3n) is 2.85. The maximum atomic E-state index is 4.74. The summed E-state index contributed by atoms with van der Waals surface area (Å²) in [4.78, 5) is 6.85. The van der Waals surface area contributed by atoms with Gasteiger partial charge < -0.3 is 4.90 Å². The molecule has 0 aromatic carbocycles. The van der Waals surface area contributed by atoms with Crippen LogP contribution in [0.2, 0.25) is 0 Å². The summed E-state index contributed by atoms with van der Waals surface area (Å²) >= 11 is 0. The van der Waals surface area contributed by atoms with E-state index in [1.165, 1.54) is 30.5 Å². The van der Waals surface area contributed by atoms with Gasteiger partial charge in [0.25, 0.3) is 0 Å². The lowest BCUT2D eigenvalue weighted by molar-refractivity contribution is 0.706. The van der Waals surface area contributed by atoms with E-state index in [0.29, 0.717) is 0 Å². The highest BCUT2D eigenvalue weighted by atomic mass is 15.1. The van der Waals surface area contributed by atoms with Gasteiger partial charge in [0.1, 0.15) is 5.82 Å². The molecule has 0 aliphatic rings. The van der Waals surface area contributed by atoms with Crippen LogP contribution in [0, 0.1) is 0 Å². The molecule has 0 bridgehead atoms. The van der Waals surface area contributed by atoms with Crippen molar-refractivity contribution < 1.29 is 0 Å². The molecule has 1 aromatic rings. The topological polar surface area (TPSA) is 16.1 Å². The summed E-state index contributed by atoms with van der Waals surface area (Å²) < 4.78 is 0. The summed E-state index contributed by atoms with van der Waals surface area (Å²) in [6.45, 7) is 4.42. The second-order valence-corrected chi connectivity index (χ2v) is 4.49. The molecule has 0 amide bonds. The molecule has 1 heterocycles. The summed E-state index contributed by atoms with van der Waals surface area (Å²) in [6, 6.07) is 4.41. The molecule has 0 spiro atoms. The molecule has 0 saturated heterocycles. The summed E-state index contributed by atoms with van der Waals surface area (Å²) in [7, 11) is 4.13. The minimum atomic E-state index is 1.05. The Morgan fingerprint density at radius 1 is 1.12 bits per heavy atom. The summed E-state index contributed by atoms with van der Waals surface area (Å²) in [5, 5.41) is 0. The second kappa shape index (κ2) is 6.51. The first-order valence-corrected chi connectivity index (χ1v) is 6.35. The third-order valence-corrected chi connectivity index (χ3v) is 2.85. The standard InChI is InChI=1S/C14H24N2/c1-5-7-8-9-13-11-10-12(6-2)14(15-13)16(3)4/h10-11H,5-9H2,1-4H3. The van der Waals surface area contributed by atoms with Crippen molar-refractivity contribution in [1.82, 2.24) is 4.98 Å². The first-order valence-electron chi connectivity index (χ1n) is 6.35. The highest BCUT2D eigenvalue weighted by molar-refractivity contribution is 5.46. The monoisotopic (exact) mass is 220 g/mol. The van der Waals surface area contributed by atoms with Crippen LogP contribution in [0.4, 0.5) is 5.82 Å². The molecule has 0 atom stereocenters. The molecule has 90 valence electrons. The predicted molar refractivity (Wildman–Crippen MR) is 71.2 cm³/mol. The molecule has 0 unspecified atom stereocenters. The van der Waals surface area contributed by atoms with Crippen LogP contribution in [0.15, 0.2) is 12.1 Å². The number of pyridine rings is 1. The first kappa shape index (κ1) is 13.0. The van der Waals surface area contributed by atoms with Crippen LogP contribution in [0.5, 0.6) is 0 Å². The van der Waals surface area contributed by atoms with Gasteiger partial charge in [0.2, 0.25) is 0 Å². The average Bonchev–Trinajstić information content (AvgIpc) is 2.29. The van der Waals surface area contributed by atoms with Crippen molar-refractivity contribution in [1.29, 1.82) is 0 Å². The smallest absolute Gasteiger partial charge is 0.131 e. The van der Waals surface area contributed by atoms with E-state index in [-0.39, 0.29) is 0 Å². The van der Waals surface area contributed by atoms with E-state index in [1.807, 2.05) is 0 Å². The Bertz CT molecular complexity index is 319. The van der Waals surface area contributed by atoms with Gasteiger partial charge in [0.05, 0.1) is 0 Å². The van der Waals surface area contributed by atoms with E-state index in [1.54, 1.807) is 0 Å². The Balaban J connectivity index is 2.77. The van der Waals surface area contributed by atoms with Crippen molar-refractivity contribution in [3.05, 3.63) is 23.4 Å². The molecule has 0 radical (unpaired) electrons. The van der Waals surface area contributed by atoms with E-state index >= 15 is 0 Å². The minimum absolute atomic E-state index is 1.05. The highest BCUT2D eigenvalue weighted by Crippen LogP contribution is 2.18. The summed E-state index contributed by atoms with van der Waals surface area (Å²) in [5.41, 5.74) is 2.57. The number of nitrogens with zero attached hydrogens (tertiary/aromatic N) is 2. The molecule has 1 rings (SSSR count). The molecule has 0 aliphatic carbocycles. The van der Waals surface area contributed by atoms with Crippen LogP contribution in [0.1, 0.15) is 44.4 Å². The van der Waals surface area contributed by atoms with Crippen molar-refractivity contribution in [2.24, 2.45) is 0 Å². The fraction of sp³-hybridized carbons (Fsp3) is 0.643. The van der Waals surface area contributed by atoms with E-state index in [2.05, 4.69) is 45.0 Å². The number of unbranched alkanes of at least 4 members (excludes halogenated alkanes) is 2. The molecule has 1 aromatic heterocycles. The molecule has 0 fully saturated rings. The summed E-state index contributed by atoms with van der Waals surface area (Å²) in [5.74, 6) is 1.14. The van der Waals surface area contributed by atoms with Gasteiger partial charge in [0, 0.05) is 19.8 Å². The zero-order chi connectivity index (χ0) is 12.0. The van der Waals surface area contributed by atoms with Gasteiger partial charge >= 0.3 is 0 Å². The summed E-state index contributed by atoms with van der Waals surface area (Å²) in [6.07, 6.45) is 5.98. The molecule has 0 N–H and O–H groups in total. The van der Waals surface area contributed by atoms with Gasteiger partial charge in [-0.15, -0.1) is 0 Å². The lowest BCUT2D eigenvalue weighted by Gasteiger charge is -2.16. The Morgan fingerprint density at radius 2 is 1.88 bits per heavy atom. The van der Waals surface area contributed by atoms with E-state index in [4.69, 9.17) is 4.98 Å². The number of hydrogen-bond donors (Lipinski definition) is 0. The van der Waals surface area contributed by atoms with Gasteiger partial charge in [-0.05, 0) is 30.9 Å². The van der Waals surface area contributed by atoms with Crippen molar-refractivity contribution in [2.75, 3.05) is 19.0 Å². The number of aromatic nitrogens is 1. The van der Waals surface area contributed by atoms with Crippen LogP contribution in [0.25, 0.3) is 0 Å². The van der Waals surface area contributed by atoms with E-state index in [9.17, 15) is 0 Å². The van der Waals surface area contributed by atoms with Gasteiger partial charge in [-0.3, -0.25) is 0 Å². The number of rotatable bonds is 6. The Hall–Kier alpha value is -1.05. The van der Waals surface area contributed by atoms with Crippen molar-refractivity contribution in [3.8, 4) is 0 Å². The van der Waals surface area contributed by atoms with Gasteiger partial charge in [0.15, 0.2) is 0 Å². The number of hydrogen-bond acceptors (Lipinski definition) is 2. The number of aryl methyl sites for hydroxylation is 2. The Kier molecular flexibility index (Phi) is 5.30. The lowest BCUT2D eigenvalue weighted by Crippen LogP contribution is -2.14. The quantitative estimate of drug-likeness (QED) is 0.683. The SMILES string of the molecule is CCCCCc1ccc(CC)c(N(C)C)n1. The van der Waals surface area contributed by atoms with Crippen LogP contribution in [0.3, 0.4) is 0 Å². The second-order valence-electron chi connectivity index (χ2n) is 4.49. The molecule has 2 nitrogen and oxygen atoms in total. The van der Waals surface area contributed by atoms with Crippen LogP contribution in [-0.2, 0) is 12.8 Å². The minimum Gasteiger partial charge on any atom is -0.363 e. The molecule has 0 aliphatic heterocycles. The van der Waals surface area contributed by atoms with Crippen molar-refractivity contribution in [2.45, 2.75) is 46.0 Å². The molecular weight excluding hydrogens is 196 g/mol. The molecule has 0 saturated carbocycles.